The van der Waals surface area contributed by atoms with Crippen molar-refractivity contribution in [3.05, 3.63) is 65.0 Å². The number of imidazole rings is 1. The molecule has 2 aromatic heterocycles. The second kappa shape index (κ2) is 5.56. The zero-order chi connectivity index (χ0) is 13.9. The lowest BCUT2D eigenvalue weighted by molar-refractivity contribution is 0.599. The first-order valence-electron chi connectivity index (χ1n) is 6.30. The average Bonchev–Trinajstić information content (AvgIpc) is 3.11. The Balaban J connectivity index is 1.94. The van der Waals surface area contributed by atoms with Gasteiger partial charge in [0.25, 0.3) is 0 Å². The third-order valence-corrected chi connectivity index (χ3v) is 4.01. The number of benzene rings is 1. The Hall–Kier alpha value is -1.98. The third kappa shape index (κ3) is 2.50. The van der Waals surface area contributed by atoms with Crippen molar-refractivity contribution in [2.24, 2.45) is 5.73 Å². The standard InChI is InChI=1S/C15H14FN3S/c16-13-4-3-11(9-17)8-12(13)10-19-6-5-18-15(19)14-2-1-7-20-14/h1-8H,9-10,17H2. The summed E-state index contributed by atoms with van der Waals surface area (Å²) in [6.07, 6.45) is 3.60. The fourth-order valence-electron chi connectivity index (χ4n) is 2.13. The van der Waals surface area contributed by atoms with Crippen LogP contribution in [-0.4, -0.2) is 9.55 Å². The summed E-state index contributed by atoms with van der Waals surface area (Å²) in [7, 11) is 0. The minimum Gasteiger partial charge on any atom is -0.326 e. The number of nitrogens with zero attached hydrogens (tertiary/aromatic N) is 2. The number of halogens is 1. The second-order valence-electron chi connectivity index (χ2n) is 4.49. The summed E-state index contributed by atoms with van der Waals surface area (Å²) in [4.78, 5) is 5.43. The molecule has 0 saturated heterocycles. The van der Waals surface area contributed by atoms with Crippen molar-refractivity contribution in [1.82, 2.24) is 9.55 Å². The van der Waals surface area contributed by atoms with Crippen molar-refractivity contribution < 1.29 is 4.39 Å². The number of rotatable bonds is 4. The van der Waals surface area contributed by atoms with E-state index in [-0.39, 0.29) is 5.82 Å². The highest BCUT2D eigenvalue weighted by Crippen LogP contribution is 2.24. The fraction of sp³-hybridized carbons (Fsp3) is 0.133. The summed E-state index contributed by atoms with van der Waals surface area (Å²) in [5.41, 5.74) is 7.17. The molecule has 3 nitrogen and oxygen atoms in total. The molecular weight excluding hydrogens is 273 g/mol. The van der Waals surface area contributed by atoms with Gasteiger partial charge in [-0.1, -0.05) is 12.1 Å². The van der Waals surface area contributed by atoms with Crippen LogP contribution in [0.15, 0.2) is 48.1 Å². The van der Waals surface area contributed by atoms with Gasteiger partial charge in [-0.3, -0.25) is 0 Å². The van der Waals surface area contributed by atoms with Crippen LogP contribution < -0.4 is 5.73 Å². The van der Waals surface area contributed by atoms with Gasteiger partial charge in [0, 0.05) is 24.5 Å². The maximum Gasteiger partial charge on any atom is 0.150 e. The van der Waals surface area contributed by atoms with E-state index in [1.165, 1.54) is 6.07 Å². The quantitative estimate of drug-likeness (QED) is 0.800. The molecule has 0 saturated carbocycles. The first-order chi connectivity index (χ1) is 9.78. The Labute approximate surface area is 120 Å². The van der Waals surface area contributed by atoms with Gasteiger partial charge in [0.1, 0.15) is 11.6 Å². The number of hydrogen-bond donors (Lipinski definition) is 1. The van der Waals surface area contributed by atoms with Crippen LogP contribution in [-0.2, 0) is 13.1 Å². The van der Waals surface area contributed by atoms with Gasteiger partial charge in [-0.05, 0) is 29.1 Å². The van der Waals surface area contributed by atoms with E-state index in [1.54, 1.807) is 23.6 Å². The molecule has 0 unspecified atom stereocenters. The molecule has 2 heterocycles. The topological polar surface area (TPSA) is 43.8 Å². The lowest BCUT2D eigenvalue weighted by Gasteiger charge is -2.09. The summed E-state index contributed by atoms with van der Waals surface area (Å²) in [6, 6.07) is 8.99. The Morgan fingerprint density at radius 3 is 2.95 bits per heavy atom. The molecule has 3 rings (SSSR count). The van der Waals surface area contributed by atoms with E-state index in [1.807, 2.05) is 34.3 Å². The third-order valence-electron chi connectivity index (χ3n) is 3.14. The van der Waals surface area contributed by atoms with E-state index in [4.69, 9.17) is 5.73 Å². The Kier molecular flexibility index (Phi) is 3.62. The largest absolute Gasteiger partial charge is 0.326 e. The van der Waals surface area contributed by atoms with E-state index in [9.17, 15) is 4.39 Å². The smallest absolute Gasteiger partial charge is 0.150 e. The minimum atomic E-state index is -0.215. The molecule has 102 valence electrons. The van der Waals surface area contributed by atoms with Crippen LogP contribution in [0.2, 0.25) is 0 Å². The highest BCUT2D eigenvalue weighted by Gasteiger charge is 2.10. The lowest BCUT2D eigenvalue weighted by Crippen LogP contribution is -2.05. The lowest BCUT2D eigenvalue weighted by atomic mass is 10.1. The molecule has 0 fully saturated rings. The van der Waals surface area contributed by atoms with Crippen molar-refractivity contribution >= 4 is 11.3 Å². The Morgan fingerprint density at radius 2 is 2.20 bits per heavy atom. The molecule has 0 amide bonds. The molecule has 0 aliphatic carbocycles. The van der Waals surface area contributed by atoms with Gasteiger partial charge in [0.15, 0.2) is 0 Å². The van der Waals surface area contributed by atoms with E-state index in [2.05, 4.69) is 4.98 Å². The molecular formula is C15H14FN3S. The van der Waals surface area contributed by atoms with Crippen LogP contribution in [0.25, 0.3) is 10.7 Å². The molecule has 0 atom stereocenters. The van der Waals surface area contributed by atoms with Crippen molar-refractivity contribution in [2.75, 3.05) is 0 Å². The molecule has 20 heavy (non-hydrogen) atoms. The Bertz CT molecular complexity index is 704. The van der Waals surface area contributed by atoms with Gasteiger partial charge >= 0.3 is 0 Å². The van der Waals surface area contributed by atoms with Gasteiger partial charge in [-0.15, -0.1) is 11.3 Å². The van der Waals surface area contributed by atoms with E-state index in [0.29, 0.717) is 18.7 Å². The van der Waals surface area contributed by atoms with Gasteiger partial charge < -0.3 is 10.3 Å². The highest BCUT2D eigenvalue weighted by atomic mass is 32.1. The first-order valence-corrected chi connectivity index (χ1v) is 7.18. The summed E-state index contributed by atoms with van der Waals surface area (Å²) in [5, 5.41) is 2.00. The van der Waals surface area contributed by atoms with Crippen LogP contribution in [0.1, 0.15) is 11.1 Å². The van der Waals surface area contributed by atoms with Crippen molar-refractivity contribution in [3.63, 3.8) is 0 Å². The first kappa shape index (κ1) is 13.0. The number of hydrogen-bond acceptors (Lipinski definition) is 3. The predicted octanol–water partition coefficient (Wildman–Crippen LogP) is 3.26. The van der Waals surface area contributed by atoms with Crippen molar-refractivity contribution in [3.8, 4) is 10.7 Å². The number of nitrogens with two attached hydrogens (primary N) is 1. The molecule has 5 heteroatoms. The molecule has 0 spiro atoms. The zero-order valence-corrected chi connectivity index (χ0v) is 11.6. The number of aromatic nitrogens is 2. The van der Waals surface area contributed by atoms with Crippen molar-refractivity contribution in [1.29, 1.82) is 0 Å². The molecule has 0 bridgehead atoms. The molecule has 3 aromatic rings. The van der Waals surface area contributed by atoms with Gasteiger partial charge in [-0.2, -0.15) is 0 Å². The van der Waals surface area contributed by atoms with Crippen LogP contribution in [0.5, 0.6) is 0 Å². The maximum atomic E-state index is 13.9. The molecule has 2 N–H and O–H groups in total. The molecule has 0 aliphatic heterocycles. The van der Waals surface area contributed by atoms with E-state index >= 15 is 0 Å². The van der Waals surface area contributed by atoms with Crippen LogP contribution in [0.3, 0.4) is 0 Å². The predicted molar refractivity (Wildman–Crippen MR) is 78.9 cm³/mol. The van der Waals surface area contributed by atoms with Gasteiger partial charge in [0.05, 0.1) is 11.4 Å². The summed E-state index contributed by atoms with van der Waals surface area (Å²) < 4.78 is 15.8. The average molecular weight is 287 g/mol. The number of thiophene rings is 1. The van der Waals surface area contributed by atoms with Crippen LogP contribution in [0, 0.1) is 5.82 Å². The maximum absolute atomic E-state index is 13.9. The normalized spacial score (nSPS) is 10.9. The zero-order valence-electron chi connectivity index (χ0n) is 10.8. The summed E-state index contributed by atoms with van der Waals surface area (Å²) in [6.45, 7) is 0.863. The molecule has 0 aliphatic rings. The minimum absolute atomic E-state index is 0.215. The van der Waals surface area contributed by atoms with E-state index < -0.39 is 0 Å². The second-order valence-corrected chi connectivity index (χ2v) is 5.43. The Morgan fingerprint density at radius 1 is 1.30 bits per heavy atom. The monoisotopic (exact) mass is 287 g/mol. The molecule has 1 aromatic carbocycles. The SMILES string of the molecule is NCc1ccc(F)c(Cn2ccnc2-c2cccs2)c1. The van der Waals surface area contributed by atoms with Gasteiger partial charge in [-0.25, -0.2) is 9.37 Å². The van der Waals surface area contributed by atoms with Gasteiger partial charge in [0.2, 0.25) is 0 Å². The van der Waals surface area contributed by atoms with Crippen LogP contribution in [0.4, 0.5) is 4.39 Å². The highest BCUT2D eigenvalue weighted by molar-refractivity contribution is 7.13. The summed E-state index contributed by atoms with van der Waals surface area (Å²) >= 11 is 1.62. The fourth-order valence-corrected chi connectivity index (χ4v) is 2.86. The summed E-state index contributed by atoms with van der Waals surface area (Å²) in [5.74, 6) is 0.644. The van der Waals surface area contributed by atoms with Crippen LogP contribution >= 0.6 is 11.3 Å². The van der Waals surface area contributed by atoms with Crippen molar-refractivity contribution in [2.45, 2.75) is 13.1 Å². The van der Waals surface area contributed by atoms with E-state index in [0.717, 1.165) is 16.3 Å². The molecule has 0 radical (unpaired) electrons.